The minimum atomic E-state index is -0.700. The lowest BCUT2D eigenvalue weighted by atomic mass is 9.99. The summed E-state index contributed by atoms with van der Waals surface area (Å²) in [6.07, 6.45) is 6.16. The largest absolute Gasteiger partial charge is 0.481 e. The van der Waals surface area contributed by atoms with Gasteiger partial charge in [0.2, 0.25) is 0 Å². The van der Waals surface area contributed by atoms with E-state index in [2.05, 4.69) is 66.3 Å². The molecule has 3 heteroatoms. The average molecular weight is 321 g/mol. The molecule has 1 heterocycles. The molecule has 0 spiro atoms. The maximum absolute atomic E-state index is 10.5. The third-order valence-corrected chi connectivity index (χ3v) is 4.52. The molecule has 1 N–H and O–H groups in total. The number of aromatic nitrogens is 1. The zero-order valence-electron chi connectivity index (χ0n) is 14.0. The van der Waals surface area contributed by atoms with Crippen molar-refractivity contribution >= 4 is 16.9 Å². The lowest BCUT2D eigenvalue weighted by molar-refractivity contribution is -0.137. The van der Waals surface area contributed by atoms with E-state index in [1.165, 1.54) is 27.6 Å². The second-order valence-electron chi connectivity index (χ2n) is 6.32. The molecule has 3 nitrogen and oxygen atoms in total. The molecule has 0 saturated heterocycles. The molecule has 0 unspecified atom stereocenters. The molecule has 3 rings (SSSR count). The third kappa shape index (κ3) is 3.67. The van der Waals surface area contributed by atoms with E-state index >= 15 is 0 Å². The van der Waals surface area contributed by atoms with Gasteiger partial charge in [0.1, 0.15) is 0 Å². The van der Waals surface area contributed by atoms with Gasteiger partial charge < -0.3 is 9.67 Å². The summed E-state index contributed by atoms with van der Waals surface area (Å²) >= 11 is 0. The molecule has 3 aromatic rings. The predicted octanol–water partition coefficient (Wildman–Crippen LogP) is 5.03. The van der Waals surface area contributed by atoms with Crippen LogP contribution in [0.1, 0.15) is 31.2 Å². The summed E-state index contributed by atoms with van der Waals surface area (Å²) in [6.45, 7) is 0. The molecule has 124 valence electrons. The number of fused-ring (bicyclic) bond motifs is 1. The number of aliphatic carboxylic acids is 1. The molecule has 0 radical (unpaired) electrons. The van der Waals surface area contributed by atoms with E-state index in [-0.39, 0.29) is 6.42 Å². The van der Waals surface area contributed by atoms with Crippen LogP contribution >= 0.6 is 0 Å². The van der Waals surface area contributed by atoms with Gasteiger partial charge in [-0.1, -0.05) is 48.9 Å². The highest BCUT2D eigenvalue weighted by Gasteiger charge is 2.06. The number of unbranched alkanes of at least 4 members (excludes halogenated alkanes) is 2. The molecule has 0 bridgehead atoms. The lowest BCUT2D eigenvalue weighted by Crippen LogP contribution is -1.94. The van der Waals surface area contributed by atoms with Crippen LogP contribution < -0.4 is 0 Å². The normalized spacial score (nSPS) is 11.0. The molecule has 0 aliphatic heterocycles. The second-order valence-corrected chi connectivity index (χ2v) is 6.32. The Balaban J connectivity index is 1.68. The molecule has 0 saturated carbocycles. The second kappa shape index (κ2) is 7.35. The fraction of sp³-hybridized carbons (Fsp3) is 0.286. The third-order valence-electron chi connectivity index (χ3n) is 4.52. The lowest BCUT2D eigenvalue weighted by Gasteiger charge is -2.08. The first-order valence-corrected chi connectivity index (χ1v) is 8.50. The number of hydrogen-bond donors (Lipinski definition) is 1. The molecule has 0 aliphatic rings. The predicted molar refractivity (Wildman–Crippen MR) is 98.2 cm³/mol. The van der Waals surface area contributed by atoms with Crippen molar-refractivity contribution in [2.24, 2.45) is 7.05 Å². The van der Waals surface area contributed by atoms with E-state index in [4.69, 9.17) is 5.11 Å². The number of carbonyl (C=O) groups is 1. The monoisotopic (exact) mass is 321 g/mol. The number of carboxylic acids is 1. The minimum absolute atomic E-state index is 0.277. The Hall–Kier alpha value is -2.55. The molecule has 1 aromatic heterocycles. The van der Waals surface area contributed by atoms with E-state index in [1.807, 2.05) is 0 Å². The quantitative estimate of drug-likeness (QED) is 0.620. The van der Waals surface area contributed by atoms with Crippen LogP contribution in [-0.2, 0) is 18.3 Å². The number of hydrogen-bond acceptors (Lipinski definition) is 1. The Labute approximate surface area is 142 Å². The molecule has 0 amide bonds. The first kappa shape index (κ1) is 16.3. The van der Waals surface area contributed by atoms with Gasteiger partial charge in [0.05, 0.1) is 5.52 Å². The smallest absolute Gasteiger partial charge is 0.303 e. The van der Waals surface area contributed by atoms with Crippen molar-refractivity contribution in [3.63, 3.8) is 0 Å². The number of aryl methyl sites for hydroxylation is 2. The summed E-state index contributed by atoms with van der Waals surface area (Å²) in [5.41, 5.74) is 5.07. The summed E-state index contributed by atoms with van der Waals surface area (Å²) in [7, 11) is 2.08. The molecular formula is C21H23NO2. The van der Waals surface area contributed by atoms with Crippen LogP contribution in [0.2, 0.25) is 0 Å². The summed E-state index contributed by atoms with van der Waals surface area (Å²) in [5.74, 6) is -0.700. The Morgan fingerprint density at radius 2 is 1.79 bits per heavy atom. The first-order valence-electron chi connectivity index (χ1n) is 8.50. The van der Waals surface area contributed by atoms with Crippen molar-refractivity contribution in [2.45, 2.75) is 32.1 Å². The van der Waals surface area contributed by atoms with Crippen molar-refractivity contribution in [3.8, 4) is 11.1 Å². The van der Waals surface area contributed by atoms with Crippen LogP contribution in [0, 0.1) is 0 Å². The van der Waals surface area contributed by atoms with E-state index in [0.29, 0.717) is 0 Å². The van der Waals surface area contributed by atoms with E-state index in [0.717, 1.165) is 25.7 Å². The Kier molecular flexibility index (Phi) is 4.99. The van der Waals surface area contributed by atoms with E-state index < -0.39 is 5.97 Å². The minimum Gasteiger partial charge on any atom is -0.481 e. The van der Waals surface area contributed by atoms with Gasteiger partial charge in [0, 0.05) is 30.6 Å². The summed E-state index contributed by atoms with van der Waals surface area (Å²) in [5, 5.41) is 9.91. The zero-order chi connectivity index (χ0) is 16.9. The Morgan fingerprint density at radius 3 is 2.54 bits per heavy atom. The number of benzene rings is 2. The van der Waals surface area contributed by atoms with Crippen LogP contribution in [0.5, 0.6) is 0 Å². The van der Waals surface area contributed by atoms with E-state index in [9.17, 15) is 4.79 Å². The zero-order valence-corrected chi connectivity index (χ0v) is 14.0. The molecular weight excluding hydrogens is 298 g/mol. The molecule has 0 atom stereocenters. The summed E-state index contributed by atoms with van der Waals surface area (Å²) < 4.78 is 2.17. The number of rotatable bonds is 7. The van der Waals surface area contributed by atoms with Gasteiger partial charge in [-0.05, 0) is 36.5 Å². The molecule has 24 heavy (non-hydrogen) atoms. The Bertz CT molecular complexity index is 831. The van der Waals surface area contributed by atoms with Crippen LogP contribution in [0.3, 0.4) is 0 Å². The summed E-state index contributed by atoms with van der Waals surface area (Å²) in [4.78, 5) is 10.5. The van der Waals surface area contributed by atoms with Gasteiger partial charge in [-0.3, -0.25) is 4.79 Å². The van der Waals surface area contributed by atoms with Crippen molar-refractivity contribution in [1.82, 2.24) is 4.57 Å². The van der Waals surface area contributed by atoms with Gasteiger partial charge in [-0.25, -0.2) is 0 Å². The molecule has 0 fully saturated rings. The van der Waals surface area contributed by atoms with Crippen molar-refractivity contribution in [3.05, 3.63) is 60.3 Å². The molecule has 2 aromatic carbocycles. The van der Waals surface area contributed by atoms with Gasteiger partial charge >= 0.3 is 5.97 Å². The number of carboxylic acid groups (broad SMARTS) is 1. The number of nitrogens with zero attached hydrogens (tertiary/aromatic N) is 1. The fourth-order valence-electron chi connectivity index (χ4n) is 3.22. The van der Waals surface area contributed by atoms with Gasteiger partial charge in [-0.2, -0.15) is 0 Å². The van der Waals surface area contributed by atoms with Crippen LogP contribution in [0.25, 0.3) is 22.0 Å². The topological polar surface area (TPSA) is 42.2 Å². The van der Waals surface area contributed by atoms with Crippen LogP contribution in [0.4, 0.5) is 0 Å². The standard InChI is InChI=1S/C21H23NO2/c1-22-15-14-18-7-5-8-19(21(18)22)17-12-10-16(11-13-17)6-3-2-4-9-20(23)24/h5,7-8,10-15H,2-4,6,9H2,1H3,(H,23,24). The average Bonchev–Trinajstić information content (AvgIpc) is 2.96. The van der Waals surface area contributed by atoms with Gasteiger partial charge in [0.25, 0.3) is 0 Å². The Morgan fingerprint density at radius 1 is 1.00 bits per heavy atom. The van der Waals surface area contributed by atoms with Crippen LogP contribution in [-0.4, -0.2) is 15.6 Å². The highest BCUT2D eigenvalue weighted by Crippen LogP contribution is 2.29. The maximum Gasteiger partial charge on any atom is 0.303 e. The number of para-hydroxylation sites is 1. The summed E-state index contributed by atoms with van der Waals surface area (Å²) in [6, 6.07) is 17.3. The van der Waals surface area contributed by atoms with Crippen LogP contribution in [0.15, 0.2) is 54.7 Å². The fourth-order valence-corrected chi connectivity index (χ4v) is 3.22. The highest BCUT2D eigenvalue weighted by molar-refractivity contribution is 5.94. The van der Waals surface area contributed by atoms with Gasteiger partial charge in [0.15, 0.2) is 0 Å². The first-order chi connectivity index (χ1) is 11.6. The SMILES string of the molecule is Cn1ccc2cccc(-c3ccc(CCCCCC(=O)O)cc3)c21. The van der Waals surface area contributed by atoms with Crippen molar-refractivity contribution in [1.29, 1.82) is 0 Å². The van der Waals surface area contributed by atoms with Crippen molar-refractivity contribution in [2.75, 3.05) is 0 Å². The van der Waals surface area contributed by atoms with E-state index in [1.54, 1.807) is 0 Å². The highest BCUT2D eigenvalue weighted by atomic mass is 16.4. The van der Waals surface area contributed by atoms with Crippen molar-refractivity contribution < 1.29 is 9.90 Å². The van der Waals surface area contributed by atoms with Gasteiger partial charge in [-0.15, -0.1) is 0 Å². The molecule has 0 aliphatic carbocycles. The maximum atomic E-state index is 10.5.